The van der Waals surface area contributed by atoms with Gasteiger partial charge in [-0.05, 0) is 62.9 Å². The Labute approximate surface area is 202 Å². The highest BCUT2D eigenvalue weighted by atomic mass is 32.1. The number of carbonyl (C=O) groups is 1. The van der Waals surface area contributed by atoms with E-state index >= 15 is 0 Å². The summed E-state index contributed by atoms with van der Waals surface area (Å²) in [5.41, 5.74) is 3.35. The van der Waals surface area contributed by atoms with Crippen LogP contribution in [0.15, 0.2) is 18.5 Å². The van der Waals surface area contributed by atoms with Gasteiger partial charge in [0.1, 0.15) is 15.5 Å². The fourth-order valence-electron chi connectivity index (χ4n) is 4.83. The molecule has 1 amide bonds. The Morgan fingerprint density at radius 2 is 2.24 bits per heavy atom. The van der Waals surface area contributed by atoms with E-state index in [4.69, 9.17) is 4.98 Å². The van der Waals surface area contributed by atoms with Crippen LogP contribution < -0.4 is 21.3 Å². The molecule has 176 valence electrons. The van der Waals surface area contributed by atoms with Gasteiger partial charge in [0.25, 0.3) is 0 Å². The van der Waals surface area contributed by atoms with E-state index in [9.17, 15) is 4.79 Å². The topological polar surface area (TPSA) is 91.0 Å². The second-order valence-corrected chi connectivity index (χ2v) is 11.1. The first-order valence-electron chi connectivity index (χ1n) is 12.0. The second kappa shape index (κ2) is 10.6. The third-order valence-corrected chi connectivity index (χ3v) is 8.84. The molecule has 0 saturated carbocycles. The lowest BCUT2D eigenvalue weighted by Crippen LogP contribution is -2.33. The zero-order valence-corrected chi connectivity index (χ0v) is 20.7. The Bertz CT molecular complexity index is 1070. The fraction of sp³-hybridized carbons (Fsp3) is 0.542. The summed E-state index contributed by atoms with van der Waals surface area (Å²) in [7, 11) is 0. The van der Waals surface area contributed by atoms with Gasteiger partial charge in [0.05, 0.1) is 10.9 Å². The summed E-state index contributed by atoms with van der Waals surface area (Å²) >= 11 is 3.37. The first kappa shape index (κ1) is 22.9. The van der Waals surface area contributed by atoms with Gasteiger partial charge >= 0.3 is 0 Å². The SMILES string of the molecule is CC[C@H](C[C@H]1CCNC1)NCCC(=O)Nc1sc2c(c1-c1nc3cnccc3s1)CCNC2. The van der Waals surface area contributed by atoms with E-state index < -0.39 is 0 Å². The number of thiophene rings is 1. The van der Waals surface area contributed by atoms with Gasteiger partial charge in [-0.25, -0.2) is 4.98 Å². The normalized spacial score (nSPS) is 19.0. The molecule has 2 aliphatic heterocycles. The first-order chi connectivity index (χ1) is 16.2. The number of hydrogen-bond donors (Lipinski definition) is 4. The Morgan fingerprint density at radius 3 is 3.06 bits per heavy atom. The molecule has 0 aromatic carbocycles. The summed E-state index contributed by atoms with van der Waals surface area (Å²) in [5, 5.41) is 15.7. The van der Waals surface area contributed by atoms with Gasteiger partial charge in [-0.15, -0.1) is 22.7 Å². The van der Waals surface area contributed by atoms with Gasteiger partial charge in [0.15, 0.2) is 0 Å². The molecular weight excluding hydrogens is 452 g/mol. The van der Waals surface area contributed by atoms with Crippen LogP contribution in [0.2, 0.25) is 0 Å². The Balaban J connectivity index is 1.27. The summed E-state index contributed by atoms with van der Waals surface area (Å²) in [6, 6.07) is 2.49. The molecule has 1 fully saturated rings. The highest BCUT2D eigenvalue weighted by Gasteiger charge is 2.25. The Hall–Kier alpha value is -1.91. The van der Waals surface area contributed by atoms with E-state index in [1.807, 2.05) is 12.3 Å². The van der Waals surface area contributed by atoms with Crippen LogP contribution in [-0.2, 0) is 17.8 Å². The van der Waals surface area contributed by atoms with Crippen molar-refractivity contribution in [1.29, 1.82) is 0 Å². The third kappa shape index (κ3) is 5.27. The number of carbonyl (C=O) groups excluding carboxylic acids is 1. The number of aromatic nitrogens is 2. The number of nitrogens with zero attached hydrogens (tertiary/aromatic N) is 2. The monoisotopic (exact) mass is 484 g/mol. The minimum atomic E-state index is 0.0653. The molecule has 2 aliphatic rings. The highest BCUT2D eigenvalue weighted by molar-refractivity contribution is 7.22. The van der Waals surface area contributed by atoms with Crippen molar-refractivity contribution in [2.24, 2.45) is 5.92 Å². The van der Waals surface area contributed by atoms with Crippen LogP contribution in [0.5, 0.6) is 0 Å². The molecule has 2 atom stereocenters. The van der Waals surface area contributed by atoms with E-state index in [0.717, 1.165) is 70.7 Å². The van der Waals surface area contributed by atoms with Gasteiger partial charge in [0.2, 0.25) is 5.91 Å². The van der Waals surface area contributed by atoms with Crippen molar-refractivity contribution in [3.8, 4) is 10.6 Å². The average Bonchev–Trinajstić information content (AvgIpc) is 3.56. The van der Waals surface area contributed by atoms with E-state index in [2.05, 4.69) is 33.2 Å². The molecular formula is C24H32N6OS2. The van der Waals surface area contributed by atoms with Gasteiger partial charge in [0, 0.05) is 42.2 Å². The van der Waals surface area contributed by atoms with Crippen LogP contribution in [0.3, 0.4) is 0 Å². The minimum Gasteiger partial charge on any atom is -0.317 e. The lowest BCUT2D eigenvalue weighted by molar-refractivity contribution is -0.116. The van der Waals surface area contributed by atoms with Crippen LogP contribution in [0.25, 0.3) is 20.8 Å². The highest BCUT2D eigenvalue weighted by Crippen LogP contribution is 2.44. The number of anilines is 1. The van der Waals surface area contributed by atoms with Crippen molar-refractivity contribution in [2.75, 3.05) is 31.5 Å². The number of pyridine rings is 1. The molecule has 5 heterocycles. The maximum atomic E-state index is 12.9. The largest absolute Gasteiger partial charge is 0.317 e. The van der Waals surface area contributed by atoms with Crippen LogP contribution in [0.4, 0.5) is 5.00 Å². The maximum absolute atomic E-state index is 12.9. The number of hydrogen-bond acceptors (Lipinski definition) is 8. The molecule has 1 saturated heterocycles. The lowest BCUT2D eigenvalue weighted by Gasteiger charge is -2.20. The van der Waals surface area contributed by atoms with Gasteiger partial charge in [-0.2, -0.15) is 0 Å². The summed E-state index contributed by atoms with van der Waals surface area (Å²) in [4.78, 5) is 23.3. The molecule has 3 aromatic rings. The van der Waals surface area contributed by atoms with Gasteiger partial charge in [-0.3, -0.25) is 9.78 Å². The summed E-state index contributed by atoms with van der Waals surface area (Å²) in [6.07, 6.45) is 8.60. The van der Waals surface area contributed by atoms with Crippen LogP contribution >= 0.6 is 22.7 Å². The Morgan fingerprint density at radius 1 is 1.30 bits per heavy atom. The van der Waals surface area contributed by atoms with Crippen molar-refractivity contribution >= 4 is 43.8 Å². The predicted octanol–water partition coefficient (Wildman–Crippen LogP) is 3.76. The van der Waals surface area contributed by atoms with Crippen LogP contribution in [-0.4, -0.2) is 48.1 Å². The molecule has 0 bridgehead atoms. The molecule has 0 spiro atoms. The summed E-state index contributed by atoms with van der Waals surface area (Å²) < 4.78 is 1.12. The summed E-state index contributed by atoms with van der Waals surface area (Å²) in [6.45, 7) is 7.00. The molecule has 33 heavy (non-hydrogen) atoms. The number of rotatable bonds is 9. The van der Waals surface area contributed by atoms with Crippen molar-refractivity contribution < 1.29 is 4.79 Å². The second-order valence-electron chi connectivity index (χ2n) is 8.95. The molecule has 4 N–H and O–H groups in total. The zero-order chi connectivity index (χ0) is 22.6. The first-order valence-corrected chi connectivity index (χ1v) is 13.6. The molecule has 5 rings (SSSR count). The van der Waals surface area contributed by atoms with E-state index in [-0.39, 0.29) is 5.91 Å². The van der Waals surface area contributed by atoms with Crippen LogP contribution in [0.1, 0.15) is 43.0 Å². The standard InChI is InChI=1S/C24H32N6OS2/c1-2-16(11-15-3-7-25-12-15)28-10-6-21(31)30-24-22(17-4-8-27-14-20(17)33-24)23-29-18-13-26-9-5-19(18)32-23/h5,9,13,15-16,25,27-28H,2-4,6-8,10-12,14H2,1H3,(H,30,31)/t15-,16-/m1/s1. The van der Waals surface area contributed by atoms with Crippen molar-refractivity contribution in [2.45, 2.75) is 51.6 Å². The van der Waals surface area contributed by atoms with Crippen LogP contribution in [0, 0.1) is 5.92 Å². The fourth-order valence-corrected chi connectivity index (χ4v) is 7.14. The average molecular weight is 485 g/mol. The number of fused-ring (bicyclic) bond motifs is 2. The number of thiazole rings is 1. The van der Waals surface area contributed by atoms with Crippen molar-refractivity contribution in [3.05, 3.63) is 28.9 Å². The molecule has 9 heteroatoms. The molecule has 7 nitrogen and oxygen atoms in total. The number of amides is 1. The lowest BCUT2D eigenvalue weighted by atomic mass is 9.97. The van der Waals surface area contributed by atoms with Gasteiger partial charge < -0.3 is 21.3 Å². The smallest absolute Gasteiger partial charge is 0.226 e. The maximum Gasteiger partial charge on any atom is 0.226 e. The minimum absolute atomic E-state index is 0.0653. The van der Waals surface area contributed by atoms with Gasteiger partial charge in [-0.1, -0.05) is 6.92 Å². The summed E-state index contributed by atoms with van der Waals surface area (Å²) in [5.74, 6) is 0.823. The third-order valence-electron chi connectivity index (χ3n) is 6.64. The van der Waals surface area contributed by atoms with Crippen molar-refractivity contribution in [3.63, 3.8) is 0 Å². The molecule has 0 unspecified atom stereocenters. The van der Waals surface area contributed by atoms with Crippen molar-refractivity contribution in [1.82, 2.24) is 25.9 Å². The zero-order valence-electron chi connectivity index (χ0n) is 19.1. The predicted molar refractivity (Wildman–Crippen MR) is 137 cm³/mol. The molecule has 3 aromatic heterocycles. The van der Waals surface area contributed by atoms with E-state index in [1.165, 1.54) is 23.3 Å². The Kier molecular flexibility index (Phi) is 7.32. The quantitative estimate of drug-likeness (QED) is 0.370. The molecule has 0 aliphatic carbocycles. The van der Waals surface area contributed by atoms with E-state index in [0.29, 0.717) is 19.0 Å². The number of nitrogens with one attached hydrogen (secondary N) is 4. The van der Waals surface area contributed by atoms with E-state index in [1.54, 1.807) is 28.9 Å². The molecule has 0 radical (unpaired) electrons.